The molecule has 20 heavy (non-hydrogen) atoms. The Hall–Kier alpha value is -2.61. The van der Waals surface area contributed by atoms with Crippen molar-refractivity contribution in [2.24, 2.45) is 0 Å². The molecule has 0 radical (unpaired) electrons. The van der Waals surface area contributed by atoms with Gasteiger partial charge in [-0.1, -0.05) is 11.3 Å². The highest BCUT2D eigenvalue weighted by Gasteiger charge is 2.23. The number of hydrogen-bond acceptors (Lipinski definition) is 6. The number of thiazole rings is 1. The van der Waals surface area contributed by atoms with E-state index >= 15 is 0 Å². The second kappa shape index (κ2) is 4.82. The molecule has 0 atom stereocenters. The molecule has 0 aliphatic rings. The minimum atomic E-state index is -0.446. The fourth-order valence-corrected chi connectivity index (χ4v) is 2.55. The zero-order chi connectivity index (χ0) is 14.1. The summed E-state index contributed by atoms with van der Waals surface area (Å²) in [5.41, 5.74) is 0.708. The number of nitro groups is 1. The number of rotatable bonds is 4. The molecule has 2 heterocycles. The molecular formula is C12H10N4O3S. The third-order valence-electron chi connectivity index (χ3n) is 2.76. The second-order valence-corrected chi connectivity index (χ2v) is 4.82. The van der Waals surface area contributed by atoms with Gasteiger partial charge in [0.1, 0.15) is 11.9 Å². The summed E-state index contributed by atoms with van der Waals surface area (Å²) in [4.78, 5) is 15.5. The molecule has 0 amide bonds. The molecule has 7 nitrogen and oxygen atoms in total. The van der Waals surface area contributed by atoms with Gasteiger partial charge in [0.15, 0.2) is 0 Å². The van der Waals surface area contributed by atoms with Gasteiger partial charge < -0.3 is 20.2 Å². The molecule has 0 spiro atoms. The van der Waals surface area contributed by atoms with Crippen LogP contribution in [0.1, 0.15) is 0 Å². The van der Waals surface area contributed by atoms with Crippen LogP contribution < -0.4 is 10.1 Å². The number of imidazole rings is 1. The predicted octanol–water partition coefficient (Wildman–Crippen LogP) is 3.06. The Morgan fingerprint density at radius 3 is 2.80 bits per heavy atom. The van der Waals surface area contributed by atoms with Gasteiger partial charge >= 0.3 is 5.82 Å². The van der Waals surface area contributed by atoms with Crippen LogP contribution in [0.5, 0.6) is 5.75 Å². The van der Waals surface area contributed by atoms with E-state index in [1.165, 1.54) is 15.7 Å². The number of anilines is 2. The van der Waals surface area contributed by atoms with Crippen molar-refractivity contribution >= 4 is 33.6 Å². The number of nitrogens with zero attached hydrogens (tertiary/aromatic N) is 3. The molecule has 0 unspecified atom stereocenters. The number of fused-ring (bicyclic) bond motifs is 1. The molecule has 0 bridgehead atoms. The number of aromatic nitrogens is 2. The first-order valence-electron chi connectivity index (χ1n) is 5.70. The SMILES string of the molecule is COc1ccc(Nc2nc3sccn3c2[N+](=O)[O-])cc1. The molecule has 0 fully saturated rings. The fourth-order valence-electron chi connectivity index (χ4n) is 1.84. The number of nitrogens with one attached hydrogen (secondary N) is 1. The van der Waals surface area contributed by atoms with Gasteiger partial charge in [-0.25, -0.2) is 0 Å². The summed E-state index contributed by atoms with van der Waals surface area (Å²) in [5, 5.41) is 15.9. The smallest absolute Gasteiger partial charge is 0.373 e. The maximum atomic E-state index is 11.2. The Balaban J connectivity index is 1.98. The largest absolute Gasteiger partial charge is 0.497 e. The lowest BCUT2D eigenvalue weighted by molar-refractivity contribution is -0.389. The zero-order valence-electron chi connectivity index (χ0n) is 10.4. The van der Waals surface area contributed by atoms with Crippen molar-refractivity contribution in [3.05, 3.63) is 46.0 Å². The third kappa shape index (κ3) is 2.05. The van der Waals surface area contributed by atoms with Crippen molar-refractivity contribution < 1.29 is 9.66 Å². The van der Waals surface area contributed by atoms with E-state index in [0.717, 1.165) is 5.75 Å². The van der Waals surface area contributed by atoms with E-state index in [9.17, 15) is 10.1 Å². The normalized spacial score (nSPS) is 10.7. The quantitative estimate of drug-likeness (QED) is 0.590. The van der Waals surface area contributed by atoms with E-state index < -0.39 is 4.92 Å². The number of methoxy groups -OCH3 is 1. The average molecular weight is 290 g/mol. The van der Waals surface area contributed by atoms with E-state index in [0.29, 0.717) is 10.6 Å². The lowest BCUT2D eigenvalue weighted by atomic mass is 10.3. The van der Waals surface area contributed by atoms with Crippen molar-refractivity contribution in [2.45, 2.75) is 0 Å². The minimum absolute atomic E-state index is 0.0722. The van der Waals surface area contributed by atoms with Crippen LogP contribution in [0.3, 0.4) is 0 Å². The maximum absolute atomic E-state index is 11.2. The topological polar surface area (TPSA) is 81.7 Å². The zero-order valence-corrected chi connectivity index (χ0v) is 11.3. The Kier molecular flexibility index (Phi) is 2.99. The van der Waals surface area contributed by atoms with Crippen LogP contribution >= 0.6 is 11.3 Å². The first kappa shape index (κ1) is 12.4. The third-order valence-corrected chi connectivity index (χ3v) is 3.52. The van der Waals surface area contributed by atoms with E-state index in [-0.39, 0.29) is 11.6 Å². The molecule has 0 saturated carbocycles. The van der Waals surface area contributed by atoms with Crippen LogP contribution in [0.25, 0.3) is 4.96 Å². The Labute approximate surface area is 117 Å². The standard InChI is InChI=1S/C12H10N4O3S/c1-19-9-4-2-8(3-5-9)13-10-11(16(17)18)15-6-7-20-12(15)14-10/h2-7,13H,1H3. The fraction of sp³-hybridized carbons (Fsp3) is 0.0833. The molecule has 0 saturated heterocycles. The summed E-state index contributed by atoms with van der Waals surface area (Å²) < 4.78 is 6.52. The Morgan fingerprint density at radius 1 is 1.40 bits per heavy atom. The predicted molar refractivity (Wildman–Crippen MR) is 76.0 cm³/mol. The highest BCUT2D eigenvalue weighted by molar-refractivity contribution is 7.15. The van der Waals surface area contributed by atoms with Gasteiger partial charge in [-0.05, 0) is 29.2 Å². The van der Waals surface area contributed by atoms with Crippen molar-refractivity contribution in [1.29, 1.82) is 0 Å². The maximum Gasteiger partial charge on any atom is 0.373 e. The van der Waals surface area contributed by atoms with Crippen LogP contribution in [0.4, 0.5) is 17.3 Å². The summed E-state index contributed by atoms with van der Waals surface area (Å²) in [6.07, 6.45) is 1.63. The monoisotopic (exact) mass is 290 g/mol. The van der Waals surface area contributed by atoms with E-state index in [1.807, 2.05) is 0 Å². The highest BCUT2D eigenvalue weighted by atomic mass is 32.1. The van der Waals surface area contributed by atoms with Crippen molar-refractivity contribution in [1.82, 2.24) is 9.38 Å². The van der Waals surface area contributed by atoms with Crippen molar-refractivity contribution in [3.8, 4) is 5.75 Å². The summed E-state index contributed by atoms with van der Waals surface area (Å²) in [5.74, 6) is 0.875. The van der Waals surface area contributed by atoms with Gasteiger partial charge in [0.2, 0.25) is 5.82 Å². The van der Waals surface area contributed by atoms with Gasteiger partial charge in [0.25, 0.3) is 4.96 Å². The molecule has 1 N–H and O–H groups in total. The molecule has 0 aliphatic heterocycles. The van der Waals surface area contributed by atoms with E-state index in [2.05, 4.69) is 10.3 Å². The van der Waals surface area contributed by atoms with Gasteiger partial charge in [0, 0.05) is 11.1 Å². The first-order valence-corrected chi connectivity index (χ1v) is 6.58. The average Bonchev–Trinajstić information content (AvgIpc) is 2.99. The summed E-state index contributed by atoms with van der Waals surface area (Å²) in [6.45, 7) is 0. The molecule has 102 valence electrons. The van der Waals surface area contributed by atoms with Gasteiger partial charge in [-0.15, -0.1) is 0 Å². The molecule has 8 heteroatoms. The molecule has 0 aliphatic carbocycles. The Morgan fingerprint density at radius 2 is 2.15 bits per heavy atom. The van der Waals surface area contributed by atoms with E-state index in [1.54, 1.807) is 43.0 Å². The van der Waals surface area contributed by atoms with Crippen molar-refractivity contribution in [2.75, 3.05) is 12.4 Å². The summed E-state index contributed by atoms with van der Waals surface area (Å²) >= 11 is 1.34. The van der Waals surface area contributed by atoms with Crippen LogP contribution in [0, 0.1) is 10.1 Å². The van der Waals surface area contributed by atoms with Gasteiger partial charge in [-0.2, -0.15) is 9.38 Å². The number of hydrogen-bond donors (Lipinski definition) is 1. The molecule has 2 aromatic heterocycles. The van der Waals surface area contributed by atoms with Crippen LogP contribution in [-0.4, -0.2) is 21.4 Å². The minimum Gasteiger partial charge on any atom is -0.497 e. The lowest BCUT2D eigenvalue weighted by Crippen LogP contribution is -1.98. The van der Waals surface area contributed by atoms with Crippen LogP contribution in [-0.2, 0) is 0 Å². The van der Waals surface area contributed by atoms with Crippen LogP contribution in [0.2, 0.25) is 0 Å². The lowest BCUT2D eigenvalue weighted by Gasteiger charge is -2.04. The number of ether oxygens (including phenoxy) is 1. The number of benzene rings is 1. The van der Waals surface area contributed by atoms with Crippen molar-refractivity contribution in [3.63, 3.8) is 0 Å². The highest BCUT2D eigenvalue weighted by Crippen LogP contribution is 2.30. The summed E-state index contributed by atoms with van der Waals surface area (Å²) in [6, 6.07) is 7.09. The summed E-state index contributed by atoms with van der Waals surface area (Å²) in [7, 11) is 1.58. The second-order valence-electron chi connectivity index (χ2n) is 3.95. The van der Waals surface area contributed by atoms with Gasteiger partial charge in [0.05, 0.1) is 7.11 Å². The first-order chi connectivity index (χ1) is 9.69. The molecular weight excluding hydrogens is 280 g/mol. The Bertz CT molecular complexity index is 763. The molecule has 3 rings (SSSR count). The van der Waals surface area contributed by atoms with Crippen LogP contribution in [0.15, 0.2) is 35.8 Å². The molecule has 3 aromatic rings. The van der Waals surface area contributed by atoms with E-state index in [4.69, 9.17) is 4.74 Å². The molecule has 1 aromatic carbocycles. The van der Waals surface area contributed by atoms with Gasteiger partial charge in [-0.3, -0.25) is 0 Å².